The van der Waals surface area contributed by atoms with Crippen LogP contribution in [0.3, 0.4) is 0 Å². The Labute approximate surface area is 196 Å². The number of hydrazone groups is 1. The summed E-state index contributed by atoms with van der Waals surface area (Å²) >= 11 is 1.30. The van der Waals surface area contributed by atoms with E-state index >= 15 is 0 Å². The number of amides is 3. The van der Waals surface area contributed by atoms with Crippen LogP contribution in [0.4, 0.5) is 5.69 Å². The van der Waals surface area contributed by atoms with Gasteiger partial charge in [0.15, 0.2) is 11.5 Å². The molecule has 0 bridgehead atoms. The minimum absolute atomic E-state index is 0.00423. The number of phenols is 2. The van der Waals surface area contributed by atoms with Gasteiger partial charge in [-0.3, -0.25) is 14.4 Å². The molecule has 13 heteroatoms. The van der Waals surface area contributed by atoms with Crippen molar-refractivity contribution >= 4 is 47.4 Å². The second kappa shape index (κ2) is 8.67. The first-order valence-corrected chi connectivity index (χ1v) is 10.8. The number of pyridine rings is 1. The van der Waals surface area contributed by atoms with Crippen LogP contribution in [0.15, 0.2) is 41.6 Å². The van der Waals surface area contributed by atoms with Crippen LogP contribution in [0.25, 0.3) is 0 Å². The third-order valence-electron chi connectivity index (χ3n) is 5.37. The number of β-lactam (4-membered cyclic amide) rings is 1. The van der Waals surface area contributed by atoms with Crippen LogP contribution in [-0.4, -0.2) is 71.3 Å². The zero-order valence-corrected chi connectivity index (χ0v) is 18.4. The van der Waals surface area contributed by atoms with Gasteiger partial charge in [-0.2, -0.15) is 5.10 Å². The van der Waals surface area contributed by atoms with E-state index in [1.165, 1.54) is 53.3 Å². The Hall–Kier alpha value is -4.13. The van der Waals surface area contributed by atoms with Crippen LogP contribution < -0.4 is 10.7 Å². The zero-order chi connectivity index (χ0) is 24.6. The highest BCUT2D eigenvalue weighted by Crippen LogP contribution is 2.50. The first-order chi connectivity index (χ1) is 16.1. The van der Waals surface area contributed by atoms with Crippen molar-refractivity contribution in [3.8, 4) is 11.5 Å². The Kier molecular flexibility index (Phi) is 5.87. The molecule has 0 spiro atoms. The van der Waals surface area contributed by atoms with E-state index in [1.807, 2.05) is 0 Å². The molecule has 2 aliphatic rings. The third kappa shape index (κ3) is 4.24. The van der Waals surface area contributed by atoms with E-state index in [1.54, 1.807) is 6.92 Å². The molecule has 3 atom stereocenters. The van der Waals surface area contributed by atoms with Gasteiger partial charge in [-0.15, -0.1) is 11.8 Å². The molecule has 34 heavy (non-hydrogen) atoms. The van der Waals surface area contributed by atoms with Gasteiger partial charge in [0.25, 0.3) is 11.8 Å². The van der Waals surface area contributed by atoms with Crippen molar-refractivity contribution in [2.24, 2.45) is 5.10 Å². The number of fused-ring (bicyclic) bond motifs is 1. The Morgan fingerprint density at radius 3 is 2.59 bits per heavy atom. The summed E-state index contributed by atoms with van der Waals surface area (Å²) in [4.78, 5) is 53.3. The van der Waals surface area contributed by atoms with Crippen LogP contribution in [0.2, 0.25) is 0 Å². The second-order valence-corrected chi connectivity index (χ2v) is 9.45. The molecule has 176 valence electrons. The number of hydrogen-bond donors (Lipinski definition) is 5. The number of anilines is 1. The molecule has 0 saturated carbocycles. The number of benzene rings is 1. The van der Waals surface area contributed by atoms with Crippen molar-refractivity contribution in [2.75, 3.05) is 5.32 Å². The van der Waals surface area contributed by atoms with Gasteiger partial charge in [0, 0.05) is 11.8 Å². The summed E-state index contributed by atoms with van der Waals surface area (Å²) in [6.45, 7) is 1.64. The van der Waals surface area contributed by atoms with Gasteiger partial charge in [0.2, 0.25) is 5.91 Å². The molecule has 0 radical (unpaired) electrons. The lowest BCUT2D eigenvalue weighted by atomic mass is 9.97. The number of rotatable bonds is 6. The fourth-order valence-electron chi connectivity index (χ4n) is 3.66. The fraction of sp³-hybridized carbons (Fsp3) is 0.238. The summed E-state index contributed by atoms with van der Waals surface area (Å²) < 4.78 is -1.01. The highest BCUT2D eigenvalue weighted by atomic mass is 32.2. The quantitative estimate of drug-likeness (QED) is 0.172. The van der Waals surface area contributed by atoms with Crippen LogP contribution in [0, 0.1) is 0 Å². The lowest BCUT2D eigenvalue weighted by molar-refractivity contribution is -0.156. The maximum Gasteiger partial charge on any atom is 0.328 e. The molecule has 1 aromatic carbocycles. The molecule has 4 rings (SSSR count). The van der Waals surface area contributed by atoms with Gasteiger partial charge in [0.1, 0.15) is 11.7 Å². The number of nitrogens with zero attached hydrogens (tertiary/aromatic N) is 3. The molecular formula is C21H19N5O7S. The predicted octanol–water partition coefficient (Wildman–Crippen LogP) is 0.978. The fourth-order valence-corrected chi connectivity index (χ4v) is 5.28. The van der Waals surface area contributed by atoms with Crippen molar-refractivity contribution in [3.05, 3.63) is 47.8 Å². The number of aromatic nitrogens is 1. The van der Waals surface area contributed by atoms with Gasteiger partial charge < -0.3 is 25.5 Å². The molecule has 3 heterocycles. The minimum atomic E-state index is -1.15. The van der Waals surface area contributed by atoms with E-state index in [4.69, 9.17) is 0 Å². The second-order valence-electron chi connectivity index (χ2n) is 7.79. The number of thioether (sulfide) groups is 1. The van der Waals surface area contributed by atoms with Crippen LogP contribution in [0.1, 0.15) is 34.2 Å². The number of aromatic hydroxyl groups is 2. The normalized spacial score (nSPS) is 23.3. The molecule has 3 amide bonds. The molecule has 1 aromatic heterocycles. The number of hydrogen-bond acceptors (Lipinski definition) is 9. The van der Waals surface area contributed by atoms with E-state index in [9.17, 15) is 34.5 Å². The minimum Gasteiger partial charge on any atom is -0.504 e. The Bertz CT molecular complexity index is 1220. The molecule has 0 unspecified atom stereocenters. The van der Waals surface area contributed by atoms with Crippen molar-refractivity contribution in [2.45, 2.75) is 29.5 Å². The summed E-state index contributed by atoms with van der Waals surface area (Å²) in [5, 5.41) is 34.6. The molecule has 2 aromatic rings. The summed E-state index contributed by atoms with van der Waals surface area (Å²) in [6.07, 6.45) is 2.83. The molecular weight excluding hydrogens is 466 g/mol. The number of nitrogens with one attached hydrogen (secondary N) is 2. The van der Waals surface area contributed by atoms with E-state index < -0.39 is 34.3 Å². The lowest BCUT2D eigenvalue weighted by Crippen LogP contribution is -2.57. The monoisotopic (exact) mass is 485 g/mol. The number of aliphatic carboxylic acids is 1. The zero-order valence-electron chi connectivity index (χ0n) is 17.6. The topological polar surface area (TPSA) is 182 Å². The van der Waals surface area contributed by atoms with Gasteiger partial charge in [-0.25, -0.2) is 15.2 Å². The molecule has 2 aliphatic heterocycles. The van der Waals surface area contributed by atoms with Crippen molar-refractivity contribution in [3.63, 3.8) is 0 Å². The average Bonchev–Trinajstić information content (AvgIpc) is 3.03. The van der Waals surface area contributed by atoms with Gasteiger partial charge in [-0.1, -0.05) is 0 Å². The highest BCUT2D eigenvalue weighted by molar-refractivity contribution is 8.02. The van der Waals surface area contributed by atoms with Crippen molar-refractivity contribution in [1.29, 1.82) is 0 Å². The van der Waals surface area contributed by atoms with E-state index in [2.05, 4.69) is 20.8 Å². The average molecular weight is 485 g/mol. The maximum absolute atomic E-state index is 12.3. The van der Waals surface area contributed by atoms with Gasteiger partial charge in [0.05, 0.1) is 28.4 Å². The first kappa shape index (κ1) is 23.0. The Morgan fingerprint density at radius 1 is 1.21 bits per heavy atom. The smallest absolute Gasteiger partial charge is 0.328 e. The van der Waals surface area contributed by atoms with E-state index in [0.717, 1.165) is 6.07 Å². The van der Waals surface area contributed by atoms with Crippen LogP contribution in [0.5, 0.6) is 11.5 Å². The Balaban J connectivity index is 1.37. The molecule has 2 fully saturated rings. The van der Waals surface area contributed by atoms with Crippen LogP contribution in [-0.2, 0) is 9.59 Å². The van der Waals surface area contributed by atoms with E-state index in [-0.39, 0.29) is 40.4 Å². The van der Waals surface area contributed by atoms with E-state index in [0.29, 0.717) is 0 Å². The number of carboxylic acids is 1. The first-order valence-electron chi connectivity index (χ1n) is 9.95. The molecule has 0 aliphatic carbocycles. The van der Waals surface area contributed by atoms with Gasteiger partial charge >= 0.3 is 5.97 Å². The molecule has 5 N–H and O–H groups in total. The number of carboxylic acid groups (broad SMARTS) is 1. The standard InChI is InChI=1S/C21H19N5O7S/c1-21(17(20(32)33)26-15(29)7-16(26)34-21)9-23-25-19(31)12-4-3-11(8-22-12)24-18(30)10-2-5-13(27)14(28)6-10/h2-6,8-9,16-17,27-28H,7H2,1H3,(H,24,30)(H,25,31)(H,32,33)/b23-9+/t16-,17+,21+/m1/s1. The highest BCUT2D eigenvalue weighted by Gasteiger charge is 2.60. The molecule has 2 saturated heterocycles. The largest absolute Gasteiger partial charge is 0.504 e. The van der Waals surface area contributed by atoms with Crippen molar-refractivity contribution in [1.82, 2.24) is 15.3 Å². The van der Waals surface area contributed by atoms with Crippen LogP contribution >= 0.6 is 11.8 Å². The Morgan fingerprint density at radius 2 is 1.97 bits per heavy atom. The molecule has 12 nitrogen and oxygen atoms in total. The predicted molar refractivity (Wildman–Crippen MR) is 121 cm³/mol. The summed E-state index contributed by atoms with van der Waals surface area (Å²) in [6, 6.07) is 5.32. The lowest BCUT2D eigenvalue weighted by Gasteiger charge is -2.36. The maximum atomic E-state index is 12.3. The third-order valence-corrected chi connectivity index (χ3v) is 6.87. The van der Waals surface area contributed by atoms with Gasteiger partial charge in [-0.05, 0) is 37.3 Å². The summed E-state index contributed by atoms with van der Waals surface area (Å²) in [7, 11) is 0. The number of carbonyl (C=O) groups excluding carboxylic acids is 3. The summed E-state index contributed by atoms with van der Waals surface area (Å²) in [5.41, 5.74) is 2.68. The SMILES string of the molecule is C[C@@]1(/C=N/NC(=O)c2ccc(NC(=O)c3ccc(O)c(O)c3)cn2)S[C@@H]2CC(=O)N2[C@H]1C(=O)O. The number of carbonyl (C=O) groups is 4. The summed E-state index contributed by atoms with van der Waals surface area (Å²) in [5.74, 6) is -3.38. The number of phenolic OH excluding ortho intramolecular Hbond substituents is 2. The van der Waals surface area contributed by atoms with Crippen molar-refractivity contribution < 1.29 is 34.5 Å².